The monoisotopic (exact) mass is 142 g/mol. The molecule has 0 bridgehead atoms. The van der Waals surface area contributed by atoms with Crippen LogP contribution in [0.5, 0.6) is 0 Å². The molecule has 2 heteroatoms. The maximum Gasteiger partial charge on any atom is 0.00652 e. The lowest BCUT2D eigenvalue weighted by Crippen LogP contribution is -2.06. The van der Waals surface area contributed by atoms with E-state index in [0.717, 1.165) is 12.1 Å². The van der Waals surface area contributed by atoms with Crippen molar-refractivity contribution in [1.29, 1.82) is 0 Å². The van der Waals surface area contributed by atoms with E-state index >= 15 is 0 Å². The molecule has 0 aromatic heterocycles. The van der Waals surface area contributed by atoms with Gasteiger partial charge in [-0.15, -0.1) is 0 Å². The van der Waals surface area contributed by atoms with Gasteiger partial charge in [0.1, 0.15) is 0 Å². The van der Waals surface area contributed by atoms with Crippen molar-refractivity contribution < 1.29 is 0 Å². The van der Waals surface area contributed by atoms with Crippen LogP contribution in [0.3, 0.4) is 0 Å². The molecule has 2 aliphatic carbocycles. The second kappa shape index (κ2) is 3.94. The van der Waals surface area contributed by atoms with Gasteiger partial charge in [-0.2, -0.15) is 0 Å². The van der Waals surface area contributed by atoms with Gasteiger partial charge < -0.3 is 10.6 Å². The van der Waals surface area contributed by atoms with E-state index in [1.54, 1.807) is 0 Å². The van der Waals surface area contributed by atoms with E-state index < -0.39 is 0 Å². The number of hydrogen-bond acceptors (Lipinski definition) is 2. The maximum atomic E-state index is 3.14. The Hall–Kier alpha value is -0.0800. The van der Waals surface area contributed by atoms with Crippen molar-refractivity contribution in [2.45, 2.75) is 37.8 Å². The van der Waals surface area contributed by atoms with Crippen molar-refractivity contribution in [3.05, 3.63) is 0 Å². The van der Waals surface area contributed by atoms with Crippen LogP contribution in [0, 0.1) is 0 Å². The Kier molecular flexibility index (Phi) is 3.16. The summed E-state index contributed by atoms with van der Waals surface area (Å²) in [6.45, 7) is 0. The van der Waals surface area contributed by atoms with Gasteiger partial charge >= 0.3 is 0 Å². The van der Waals surface area contributed by atoms with Crippen molar-refractivity contribution in [3.63, 3.8) is 0 Å². The van der Waals surface area contributed by atoms with E-state index in [1.807, 2.05) is 14.1 Å². The molecule has 0 aromatic carbocycles. The molecule has 0 radical (unpaired) electrons. The second-order valence-corrected chi connectivity index (χ2v) is 3.13. The molecule has 0 amide bonds. The third-order valence-corrected chi connectivity index (χ3v) is 1.97. The third-order valence-electron chi connectivity index (χ3n) is 1.97. The third kappa shape index (κ3) is 3.85. The molecule has 2 rings (SSSR count). The van der Waals surface area contributed by atoms with Gasteiger partial charge in [-0.3, -0.25) is 0 Å². The lowest BCUT2D eigenvalue weighted by atomic mass is 10.7. The predicted octanol–water partition coefficient (Wildman–Crippen LogP) is 0.736. The number of hydrogen-bond donors (Lipinski definition) is 2. The highest BCUT2D eigenvalue weighted by Gasteiger charge is 2.17. The molecule has 0 spiro atoms. The first-order valence-corrected chi connectivity index (χ1v) is 4.21. The molecule has 2 nitrogen and oxygen atoms in total. The molecule has 0 unspecified atom stereocenters. The van der Waals surface area contributed by atoms with Crippen molar-refractivity contribution in [1.82, 2.24) is 10.6 Å². The average molecular weight is 142 g/mol. The molecule has 2 aliphatic rings. The average Bonchev–Trinajstić information content (AvgIpc) is 2.86. The lowest BCUT2D eigenvalue weighted by Gasteiger charge is -1.80. The zero-order chi connectivity index (χ0) is 7.40. The van der Waals surface area contributed by atoms with Crippen LogP contribution in [-0.2, 0) is 0 Å². The molecule has 2 saturated carbocycles. The first kappa shape index (κ1) is 8.02. The molecule has 0 aliphatic heterocycles. The second-order valence-electron chi connectivity index (χ2n) is 3.13. The molecule has 0 heterocycles. The van der Waals surface area contributed by atoms with Gasteiger partial charge in [0, 0.05) is 12.1 Å². The highest BCUT2D eigenvalue weighted by Crippen LogP contribution is 2.17. The highest BCUT2D eigenvalue weighted by atomic mass is 14.9. The Morgan fingerprint density at radius 2 is 1.10 bits per heavy atom. The minimum atomic E-state index is 0.884. The Bertz CT molecular complexity index is 73.3. The van der Waals surface area contributed by atoms with Gasteiger partial charge in [-0.1, -0.05) is 0 Å². The largest absolute Gasteiger partial charge is 0.317 e. The van der Waals surface area contributed by atoms with Crippen LogP contribution in [0.2, 0.25) is 0 Å². The fourth-order valence-electron chi connectivity index (χ4n) is 0.744. The van der Waals surface area contributed by atoms with E-state index in [9.17, 15) is 0 Å². The number of nitrogens with one attached hydrogen (secondary N) is 2. The first-order chi connectivity index (χ1) is 4.86. The minimum Gasteiger partial charge on any atom is -0.317 e. The van der Waals surface area contributed by atoms with Gasteiger partial charge in [-0.05, 0) is 39.8 Å². The summed E-state index contributed by atoms with van der Waals surface area (Å²) < 4.78 is 0. The van der Waals surface area contributed by atoms with Crippen LogP contribution in [0.15, 0.2) is 0 Å². The Labute approximate surface area is 63.4 Å². The van der Waals surface area contributed by atoms with Crippen LogP contribution in [0.1, 0.15) is 25.7 Å². The van der Waals surface area contributed by atoms with Crippen LogP contribution in [0.4, 0.5) is 0 Å². The Balaban J connectivity index is 0.0000001000. The smallest absolute Gasteiger partial charge is 0.00652 e. The summed E-state index contributed by atoms with van der Waals surface area (Å²) >= 11 is 0. The maximum absolute atomic E-state index is 3.14. The fourth-order valence-corrected chi connectivity index (χ4v) is 0.744. The topological polar surface area (TPSA) is 24.1 Å². The Morgan fingerprint density at radius 1 is 0.800 bits per heavy atom. The van der Waals surface area contributed by atoms with Gasteiger partial charge in [0.25, 0.3) is 0 Å². The van der Waals surface area contributed by atoms with Gasteiger partial charge in [0.05, 0.1) is 0 Å². The SMILES string of the molecule is CNC1CC1.CNC1CC1. The van der Waals surface area contributed by atoms with E-state index in [1.165, 1.54) is 25.7 Å². The standard InChI is InChI=1S/2C4H9N/c2*1-5-4-2-3-4/h2*4-5H,2-3H2,1H3. The van der Waals surface area contributed by atoms with Crippen LogP contribution >= 0.6 is 0 Å². The summed E-state index contributed by atoms with van der Waals surface area (Å²) in [5, 5.41) is 6.28. The summed E-state index contributed by atoms with van der Waals surface area (Å²) in [4.78, 5) is 0. The number of rotatable bonds is 2. The molecule has 0 aromatic rings. The van der Waals surface area contributed by atoms with E-state index in [4.69, 9.17) is 0 Å². The molecular weight excluding hydrogens is 124 g/mol. The van der Waals surface area contributed by atoms with E-state index in [2.05, 4.69) is 10.6 Å². The first-order valence-electron chi connectivity index (χ1n) is 4.21. The summed E-state index contributed by atoms with van der Waals surface area (Å²) in [7, 11) is 4.02. The zero-order valence-corrected chi connectivity index (χ0v) is 6.98. The van der Waals surface area contributed by atoms with Crippen LogP contribution in [-0.4, -0.2) is 26.2 Å². The fraction of sp³-hybridized carbons (Fsp3) is 1.00. The quantitative estimate of drug-likeness (QED) is 0.594. The van der Waals surface area contributed by atoms with Crippen molar-refractivity contribution in [2.24, 2.45) is 0 Å². The predicted molar refractivity (Wildman–Crippen MR) is 44.2 cm³/mol. The summed E-state index contributed by atoms with van der Waals surface area (Å²) in [6.07, 6.45) is 5.60. The van der Waals surface area contributed by atoms with Crippen molar-refractivity contribution >= 4 is 0 Å². The van der Waals surface area contributed by atoms with Gasteiger partial charge in [0.15, 0.2) is 0 Å². The van der Waals surface area contributed by atoms with Gasteiger partial charge in [0.2, 0.25) is 0 Å². The zero-order valence-electron chi connectivity index (χ0n) is 6.98. The highest BCUT2D eigenvalue weighted by molar-refractivity contribution is 4.78. The van der Waals surface area contributed by atoms with Crippen LogP contribution in [0.25, 0.3) is 0 Å². The molecule has 2 fully saturated rings. The van der Waals surface area contributed by atoms with Crippen molar-refractivity contribution in [3.8, 4) is 0 Å². The summed E-state index contributed by atoms with van der Waals surface area (Å²) in [5.41, 5.74) is 0. The molecule has 60 valence electrons. The van der Waals surface area contributed by atoms with Crippen LogP contribution < -0.4 is 10.6 Å². The van der Waals surface area contributed by atoms with Gasteiger partial charge in [-0.25, -0.2) is 0 Å². The summed E-state index contributed by atoms with van der Waals surface area (Å²) in [5.74, 6) is 0. The lowest BCUT2D eigenvalue weighted by molar-refractivity contribution is 0.810. The molecular formula is C8H18N2. The molecule has 10 heavy (non-hydrogen) atoms. The van der Waals surface area contributed by atoms with E-state index in [-0.39, 0.29) is 0 Å². The Morgan fingerprint density at radius 3 is 1.10 bits per heavy atom. The normalized spacial score (nSPS) is 23.4. The minimum absolute atomic E-state index is 0.884. The van der Waals surface area contributed by atoms with E-state index in [0.29, 0.717) is 0 Å². The molecule has 0 atom stereocenters. The molecule has 0 saturated heterocycles. The molecule has 2 N–H and O–H groups in total. The van der Waals surface area contributed by atoms with Crippen molar-refractivity contribution in [2.75, 3.05) is 14.1 Å². The summed E-state index contributed by atoms with van der Waals surface area (Å²) in [6, 6.07) is 1.77.